The van der Waals surface area contributed by atoms with Crippen LogP contribution in [0.4, 0.5) is 0 Å². The Balaban J connectivity index is 1.62. The molecule has 4 rings (SSSR count). The molecule has 0 radical (unpaired) electrons. The molecule has 0 aromatic heterocycles. The molecule has 16 unspecified atom stereocenters. The fourth-order valence-electron chi connectivity index (χ4n) is 5.23. The summed E-state index contributed by atoms with van der Waals surface area (Å²) in [6.45, 7) is -1.33. The molecule has 3 aliphatic heterocycles. The molecule has 36 heavy (non-hydrogen) atoms. The van der Waals surface area contributed by atoms with Crippen molar-refractivity contribution in [2.75, 3.05) is 20.3 Å². The lowest BCUT2D eigenvalue weighted by Gasteiger charge is -2.46. The van der Waals surface area contributed by atoms with Gasteiger partial charge in [0.15, 0.2) is 12.4 Å². The van der Waals surface area contributed by atoms with E-state index in [1.54, 1.807) is 7.05 Å². The van der Waals surface area contributed by atoms with Crippen LogP contribution in [-0.2, 0) is 23.7 Å². The zero-order valence-electron chi connectivity index (χ0n) is 19.6. The largest absolute Gasteiger partial charge is 0.395 e. The highest BCUT2D eigenvalue weighted by Gasteiger charge is 2.67. The second-order valence-electron chi connectivity index (χ2n) is 9.72. The highest BCUT2D eigenvalue weighted by Crippen LogP contribution is 2.45. The maximum atomic E-state index is 10.7. The van der Waals surface area contributed by atoms with Crippen LogP contribution in [0.1, 0.15) is 6.42 Å². The van der Waals surface area contributed by atoms with E-state index >= 15 is 0 Å². The predicted molar refractivity (Wildman–Crippen MR) is 115 cm³/mol. The molecule has 210 valence electrons. The third-order valence-corrected chi connectivity index (χ3v) is 7.42. The Labute approximate surface area is 206 Å². The van der Waals surface area contributed by atoms with Crippen LogP contribution in [0.25, 0.3) is 0 Å². The van der Waals surface area contributed by atoms with E-state index in [0.717, 1.165) is 0 Å². The van der Waals surface area contributed by atoms with Gasteiger partial charge in [-0.05, 0) is 13.5 Å². The van der Waals surface area contributed by atoms with Gasteiger partial charge in [-0.15, -0.1) is 0 Å². The monoisotopic (exact) mass is 527 g/mol. The molecule has 4 aliphatic rings. The molecule has 4 fully saturated rings. The zero-order valence-corrected chi connectivity index (χ0v) is 19.6. The summed E-state index contributed by atoms with van der Waals surface area (Å²) < 4.78 is 28.7. The number of aliphatic hydroxyl groups excluding tert-OH is 8. The standard InChI is InChI=1S/C20H37N3O13/c1-23-7-2-5(21)9(26)15(10(7)27)33-19-17-16(11(28)8(4-25)32-19)35-20(36-17)18(31)13(30)12(29)14(34-20)6(22)3-24/h5-19,23-31H,2-4,21-22H2,1H3. The molecule has 13 N–H and O–H groups in total. The fourth-order valence-corrected chi connectivity index (χ4v) is 5.23. The van der Waals surface area contributed by atoms with Gasteiger partial charge in [0.2, 0.25) is 0 Å². The first-order valence-electron chi connectivity index (χ1n) is 11.8. The fraction of sp³-hybridized carbons (Fsp3) is 1.00. The summed E-state index contributed by atoms with van der Waals surface area (Å²) in [5, 5.41) is 85.6. The Morgan fingerprint density at radius 2 is 1.61 bits per heavy atom. The Morgan fingerprint density at radius 1 is 0.944 bits per heavy atom. The van der Waals surface area contributed by atoms with Crippen molar-refractivity contribution in [1.29, 1.82) is 0 Å². The smallest absolute Gasteiger partial charge is 0.314 e. The third-order valence-electron chi connectivity index (χ3n) is 7.42. The minimum Gasteiger partial charge on any atom is -0.395 e. The van der Waals surface area contributed by atoms with Gasteiger partial charge in [0.1, 0.15) is 48.8 Å². The summed E-state index contributed by atoms with van der Waals surface area (Å²) in [6, 6.07) is -2.50. The number of hydrogen-bond acceptors (Lipinski definition) is 16. The van der Waals surface area contributed by atoms with Gasteiger partial charge in [-0.2, -0.15) is 0 Å². The van der Waals surface area contributed by atoms with Crippen molar-refractivity contribution in [3.63, 3.8) is 0 Å². The van der Waals surface area contributed by atoms with Gasteiger partial charge in [-0.3, -0.25) is 0 Å². The number of aliphatic hydroxyl groups is 8. The van der Waals surface area contributed by atoms with Crippen LogP contribution in [0.15, 0.2) is 0 Å². The van der Waals surface area contributed by atoms with E-state index < -0.39 is 111 Å². The molecular formula is C20H37N3O13. The lowest BCUT2D eigenvalue weighted by molar-refractivity contribution is -0.439. The first-order valence-corrected chi connectivity index (χ1v) is 11.8. The van der Waals surface area contributed by atoms with Gasteiger partial charge < -0.3 is 81.3 Å². The summed E-state index contributed by atoms with van der Waals surface area (Å²) in [7, 11) is 1.60. The number of nitrogens with two attached hydrogens (primary N) is 2. The maximum Gasteiger partial charge on any atom is 0.314 e. The van der Waals surface area contributed by atoms with Crippen molar-refractivity contribution in [3.05, 3.63) is 0 Å². The highest BCUT2D eigenvalue weighted by molar-refractivity contribution is 5.05. The molecule has 16 heteroatoms. The van der Waals surface area contributed by atoms with Gasteiger partial charge in [0.05, 0.1) is 31.5 Å². The van der Waals surface area contributed by atoms with Crippen LogP contribution in [0.2, 0.25) is 0 Å². The number of nitrogens with one attached hydrogen (secondary N) is 1. The highest BCUT2D eigenvalue weighted by atomic mass is 16.9. The lowest BCUT2D eigenvalue weighted by atomic mass is 9.84. The molecule has 3 heterocycles. The van der Waals surface area contributed by atoms with Gasteiger partial charge in [0, 0.05) is 12.1 Å². The molecule has 0 aromatic rings. The number of ether oxygens (including phenoxy) is 5. The van der Waals surface area contributed by atoms with Crippen LogP contribution >= 0.6 is 0 Å². The minimum absolute atomic E-state index is 0.254. The molecule has 1 saturated carbocycles. The van der Waals surface area contributed by atoms with Crippen LogP contribution in [0.3, 0.4) is 0 Å². The SMILES string of the molecule is CNC1CC(N)C(O)C(OC2OC(CO)C(O)C3OC4(OC(C(N)CO)C(O)C(O)C4O)OC23)C1O. The average Bonchev–Trinajstić information content (AvgIpc) is 3.27. The van der Waals surface area contributed by atoms with Crippen molar-refractivity contribution in [1.82, 2.24) is 5.32 Å². The van der Waals surface area contributed by atoms with E-state index in [0.29, 0.717) is 0 Å². The minimum atomic E-state index is -2.48. The molecule has 0 bridgehead atoms. The molecule has 0 aromatic carbocycles. The van der Waals surface area contributed by atoms with Crippen molar-refractivity contribution in [3.8, 4) is 0 Å². The average molecular weight is 528 g/mol. The Kier molecular flexibility index (Phi) is 8.55. The summed E-state index contributed by atoms with van der Waals surface area (Å²) in [6.07, 6.45) is -17.7. The molecule has 16 nitrogen and oxygen atoms in total. The number of rotatable bonds is 6. The summed E-state index contributed by atoms with van der Waals surface area (Å²) >= 11 is 0. The quantitative estimate of drug-likeness (QED) is 0.153. The van der Waals surface area contributed by atoms with E-state index in [4.69, 9.17) is 35.2 Å². The molecule has 0 amide bonds. The molecule has 3 saturated heterocycles. The third kappa shape index (κ3) is 4.68. The van der Waals surface area contributed by atoms with Crippen molar-refractivity contribution < 1.29 is 64.5 Å². The molecule has 1 aliphatic carbocycles. The second kappa shape index (κ2) is 10.9. The van der Waals surface area contributed by atoms with E-state index in [-0.39, 0.29) is 6.42 Å². The van der Waals surface area contributed by atoms with Crippen LogP contribution in [0, 0.1) is 0 Å². The Hall–Kier alpha value is -0.640. The van der Waals surface area contributed by atoms with Crippen LogP contribution < -0.4 is 16.8 Å². The second-order valence-corrected chi connectivity index (χ2v) is 9.72. The van der Waals surface area contributed by atoms with Gasteiger partial charge >= 0.3 is 5.97 Å². The lowest BCUT2D eigenvalue weighted by Crippen LogP contribution is -2.69. The number of fused-ring (bicyclic) bond motifs is 1. The van der Waals surface area contributed by atoms with Crippen molar-refractivity contribution >= 4 is 0 Å². The Morgan fingerprint density at radius 3 is 2.22 bits per heavy atom. The van der Waals surface area contributed by atoms with Gasteiger partial charge in [-0.1, -0.05) is 0 Å². The summed E-state index contributed by atoms with van der Waals surface area (Å²) in [5.74, 6) is -2.48. The van der Waals surface area contributed by atoms with Gasteiger partial charge in [0.25, 0.3) is 0 Å². The van der Waals surface area contributed by atoms with E-state index in [1.807, 2.05) is 0 Å². The Bertz CT molecular complexity index is 756. The predicted octanol–water partition coefficient (Wildman–Crippen LogP) is -7.27. The maximum absolute atomic E-state index is 10.7. The summed E-state index contributed by atoms with van der Waals surface area (Å²) in [5.41, 5.74) is 11.8. The zero-order chi connectivity index (χ0) is 26.5. The van der Waals surface area contributed by atoms with E-state index in [1.165, 1.54) is 0 Å². The van der Waals surface area contributed by atoms with E-state index in [9.17, 15) is 40.9 Å². The number of likely N-dealkylation sites (N-methyl/N-ethyl adjacent to an activating group) is 1. The van der Waals surface area contributed by atoms with Crippen molar-refractivity contribution in [2.24, 2.45) is 11.5 Å². The normalized spacial score (nSPS) is 54.4. The molecule has 1 spiro atoms. The van der Waals surface area contributed by atoms with Gasteiger partial charge in [-0.25, -0.2) is 0 Å². The first kappa shape index (κ1) is 28.4. The summed E-state index contributed by atoms with van der Waals surface area (Å²) in [4.78, 5) is 0. The first-order chi connectivity index (χ1) is 17.0. The molecule has 16 atom stereocenters. The molecular weight excluding hydrogens is 490 g/mol. The van der Waals surface area contributed by atoms with E-state index in [2.05, 4.69) is 5.32 Å². The van der Waals surface area contributed by atoms with Crippen LogP contribution in [-0.4, -0.2) is 159 Å². The van der Waals surface area contributed by atoms with Crippen LogP contribution in [0.5, 0.6) is 0 Å². The topological polar surface area (TPSA) is 272 Å². The number of hydrogen-bond donors (Lipinski definition) is 11. The van der Waals surface area contributed by atoms with Crippen molar-refractivity contribution in [2.45, 2.75) is 104 Å².